The van der Waals surface area contributed by atoms with Crippen molar-refractivity contribution in [2.24, 2.45) is 0 Å². The van der Waals surface area contributed by atoms with Crippen LogP contribution in [0.1, 0.15) is 10.4 Å². The monoisotopic (exact) mass is 332 g/mol. The summed E-state index contributed by atoms with van der Waals surface area (Å²) in [5.41, 5.74) is 1.23. The molecule has 1 heterocycles. The Morgan fingerprint density at radius 2 is 1.95 bits per heavy atom. The Morgan fingerprint density at radius 1 is 1.20 bits per heavy atom. The zero-order valence-electron chi connectivity index (χ0n) is 10.1. The molecule has 1 aromatic heterocycles. The number of carbonyl (C=O) groups is 1. The minimum Gasteiger partial charge on any atom is -0.478 e. The second kappa shape index (κ2) is 4.64. The van der Waals surface area contributed by atoms with E-state index < -0.39 is 5.97 Å². The lowest BCUT2D eigenvalue weighted by Crippen LogP contribution is -2.14. The number of nitrogens with zero attached hydrogens (tertiary/aromatic N) is 1. The lowest BCUT2D eigenvalue weighted by atomic mass is 10.2. The number of fused-ring (bicyclic) bond motifs is 1. The number of benzene rings is 2. The second-order valence-corrected chi connectivity index (χ2v) is 5.17. The summed E-state index contributed by atoms with van der Waals surface area (Å²) in [7, 11) is 0. The zero-order chi connectivity index (χ0) is 14.3. The summed E-state index contributed by atoms with van der Waals surface area (Å²) in [6.45, 7) is 0. The van der Waals surface area contributed by atoms with Crippen molar-refractivity contribution in [1.29, 1.82) is 0 Å². The Hall–Kier alpha value is -2.34. The van der Waals surface area contributed by atoms with E-state index in [0.29, 0.717) is 16.7 Å². The van der Waals surface area contributed by atoms with Crippen molar-refractivity contribution in [2.45, 2.75) is 0 Å². The van der Waals surface area contributed by atoms with E-state index in [4.69, 9.17) is 5.11 Å². The molecule has 6 heteroatoms. The number of rotatable bonds is 2. The molecule has 0 spiro atoms. The first kappa shape index (κ1) is 12.7. The first-order valence-electron chi connectivity index (χ1n) is 5.81. The fourth-order valence-corrected chi connectivity index (χ4v) is 2.57. The van der Waals surface area contributed by atoms with Crippen LogP contribution in [0.2, 0.25) is 0 Å². The summed E-state index contributed by atoms with van der Waals surface area (Å²) < 4.78 is 2.29. The van der Waals surface area contributed by atoms with Crippen LogP contribution in [-0.4, -0.2) is 20.6 Å². The molecule has 0 bridgehead atoms. The van der Waals surface area contributed by atoms with Gasteiger partial charge in [-0.3, -0.25) is 4.57 Å². The summed E-state index contributed by atoms with van der Waals surface area (Å²) in [6.07, 6.45) is 0. The summed E-state index contributed by atoms with van der Waals surface area (Å²) >= 11 is 3.35. The molecule has 0 unspecified atom stereocenters. The molecule has 100 valence electrons. The molecule has 3 rings (SSSR count). The Bertz CT molecular complexity index is 880. The van der Waals surface area contributed by atoms with Gasteiger partial charge in [-0.15, -0.1) is 0 Å². The van der Waals surface area contributed by atoms with Crippen LogP contribution in [0.25, 0.3) is 16.7 Å². The van der Waals surface area contributed by atoms with Gasteiger partial charge in [0.2, 0.25) is 0 Å². The molecular weight excluding hydrogens is 324 g/mol. The van der Waals surface area contributed by atoms with Crippen LogP contribution in [0.4, 0.5) is 0 Å². The Balaban J connectivity index is 2.38. The number of aromatic nitrogens is 2. The van der Waals surface area contributed by atoms with Crippen LogP contribution in [0.5, 0.6) is 0 Å². The highest BCUT2D eigenvalue weighted by atomic mass is 79.9. The van der Waals surface area contributed by atoms with Crippen LogP contribution in [-0.2, 0) is 0 Å². The molecule has 0 radical (unpaired) electrons. The number of halogens is 1. The molecule has 0 aliphatic heterocycles. The molecule has 0 saturated heterocycles. The summed E-state index contributed by atoms with van der Waals surface area (Å²) in [5, 5.41) is 9.16. The number of imidazole rings is 1. The summed E-state index contributed by atoms with van der Waals surface area (Å²) in [6, 6.07) is 12.0. The standard InChI is InChI=1S/C14H9BrN2O3/c15-8-3-1-4-9(7-8)17-11-6-2-5-10(13(18)19)12(11)16-14(17)20/h1-7H,(H,16,20)(H,18,19). The fraction of sp³-hybridized carbons (Fsp3) is 0. The first-order valence-corrected chi connectivity index (χ1v) is 6.60. The van der Waals surface area contributed by atoms with Crippen molar-refractivity contribution in [3.8, 4) is 5.69 Å². The van der Waals surface area contributed by atoms with Gasteiger partial charge in [0, 0.05) is 4.47 Å². The highest BCUT2D eigenvalue weighted by molar-refractivity contribution is 9.10. The normalized spacial score (nSPS) is 10.8. The van der Waals surface area contributed by atoms with Crippen molar-refractivity contribution in [1.82, 2.24) is 9.55 Å². The number of hydrogen-bond donors (Lipinski definition) is 2. The molecule has 2 aromatic carbocycles. The zero-order valence-corrected chi connectivity index (χ0v) is 11.7. The van der Waals surface area contributed by atoms with E-state index in [1.165, 1.54) is 10.6 Å². The molecule has 0 saturated carbocycles. The van der Waals surface area contributed by atoms with Crippen LogP contribution < -0.4 is 5.69 Å². The molecule has 0 amide bonds. The number of carboxylic acid groups (broad SMARTS) is 1. The number of aromatic amines is 1. The Morgan fingerprint density at radius 3 is 2.65 bits per heavy atom. The van der Waals surface area contributed by atoms with E-state index in [-0.39, 0.29) is 11.3 Å². The summed E-state index contributed by atoms with van der Waals surface area (Å²) in [5.74, 6) is -1.07. The number of aromatic carboxylic acids is 1. The maximum absolute atomic E-state index is 12.1. The predicted octanol–water partition coefficient (Wildman–Crippen LogP) is 2.78. The average Bonchev–Trinajstić information content (AvgIpc) is 2.74. The van der Waals surface area contributed by atoms with E-state index in [1.54, 1.807) is 24.3 Å². The smallest absolute Gasteiger partial charge is 0.337 e. The van der Waals surface area contributed by atoms with Gasteiger partial charge >= 0.3 is 11.7 Å². The van der Waals surface area contributed by atoms with Gasteiger partial charge in [-0.25, -0.2) is 9.59 Å². The lowest BCUT2D eigenvalue weighted by molar-refractivity contribution is 0.0699. The van der Waals surface area contributed by atoms with E-state index in [9.17, 15) is 9.59 Å². The van der Waals surface area contributed by atoms with Crippen molar-refractivity contribution in [3.63, 3.8) is 0 Å². The van der Waals surface area contributed by atoms with Crippen molar-refractivity contribution >= 4 is 32.9 Å². The SMILES string of the molecule is O=C(O)c1cccc2c1[nH]c(=O)n2-c1cccc(Br)c1. The maximum Gasteiger partial charge on any atom is 0.337 e. The maximum atomic E-state index is 12.1. The Labute approximate surface area is 121 Å². The number of para-hydroxylation sites is 1. The van der Waals surface area contributed by atoms with E-state index in [0.717, 1.165) is 4.47 Å². The minimum atomic E-state index is -1.07. The van der Waals surface area contributed by atoms with Crippen LogP contribution in [0, 0.1) is 0 Å². The van der Waals surface area contributed by atoms with Gasteiger partial charge in [0.15, 0.2) is 0 Å². The molecule has 0 atom stereocenters. The van der Waals surface area contributed by atoms with Crippen LogP contribution in [0.3, 0.4) is 0 Å². The molecule has 0 aliphatic carbocycles. The third-order valence-electron chi connectivity index (χ3n) is 3.02. The lowest BCUT2D eigenvalue weighted by Gasteiger charge is -2.04. The van der Waals surface area contributed by atoms with Gasteiger partial charge in [-0.05, 0) is 30.3 Å². The van der Waals surface area contributed by atoms with Crippen molar-refractivity contribution in [2.75, 3.05) is 0 Å². The number of nitrogens with one attached hydrogen (secondary N) is 1. The van der Waals surface area contributed by atoms with E-state index >= 15 is 0 Å². The van der Waals surface area contributed by atoms with E-state index in [1.807, 2.05) is 12.1 Å². The van der Waals surface area contributed by atoms with Gasteiger partial charge in [-0.1, -0.05) is 28.1 Å². The fourth-order valence-electron chi connectivity index (χ4n) is 2.18. The first-order chi connectivity index (χ1) is 9.58. The molecule has 3 aromatic rings. The largest absolute Gasteiger partial charge is 0.478 e. The number of H-pyrrole nitrogens is 1. The quantitative estimate of drug-likeness (QED) is 0.757. The molecule has 2 N–H and O–H groups in total. The third-order valence-corrected chi connectivity index (χ3v) is 3.51. The van der Waals surface area contributed by atoms with Crippen molar-refractivity contribution in [3.05, 3.63) is 63.0 Å². The highest BCUT2D eigenvalue weighted by Gasteiger charge is 2.15. The third kappa shape index (κ3) is 1.94. The molecular formula is C14H9BrN2O3. The van der Waals surface area contributed by atoms with Gasteiger partial charge in [0.05, 0.1) is 22.3 Å². The van der Waals surface area contributed by atoms with Gasteiger partial charge in [-0.2, -0.15) is 0 Å². The number of carboxylic acids is 1. The van der Waals surface area contributed by atoms with Gasteiger partial charge in [0.25, 0.3) is 0 Å². The highest BCUT2D eigenvalue weighted by Crippen LogP contribution is 2.21. The van der Waals surface area contributed by atoms with Gasteiger partial charge < -0.3 is 10.1 Å². The average molecular weight is 333 g/mol. The topological polar surface area (TPSA) is 75.1 Å². The second-order valence-electron chi connectivity index (χ2n) is 4.25. The van der Waals surface area contributed by atoms with Gasteiger partial charge in [0.1, 0.15) is 0 Å². The predicted molar refractivity (Wildman–Crippen MR) is 78.6 cm³/mol. The van der Waals surface area contributed by atoms with Crippen LogP contribution >= 0.6 is 15.9 Å². The minimum absolute atomic E-state index is 0.0772. The van der Waals surface area contributed by atoms with E-state index in [2.05, 4.69) is 20.9 Å². The Kier molecular flexibility index (Phi) is 2.94. The summed E-state index contributed by atoms with van der Waals surface area (Å²) in [4.78, 5) is 25.9. The molecule has 0 fully saturated rings. The number of hydrogen-bond acceptors (Lipinski definition) is 2. The molecule has 0 aliphatic rings. The van der Waals surface area contributed by atoms with Crippen molar-refractivity contribution < 1.29 is 9.90 Å². The van der Waals surface area contributed by atoms with Crippen LogP contribution in [0.15, 0.2) is 51.7 Å². The molecule has 20 heavy (non-hydrogen) atoms. The molecule has 5 nitrogen and oxygen atoms in total.